The summed E-state index contributed by atoms with van der Waals surface area (Å²) in [5, 5.41) is 8.14. The van der Waals surface area contributed by atoms with Crippen LogP contribution in [0, 0.1) is 0 Å². The molecule has 2 aromatic rings. The van der Waals surface area contributed by atoms with E-state index in [2.05, 4.69) is 20.9 Å². The SMILES string of the molecule is CC(=O)Nc1cc(NC(C)=O)cc(C(=O)Nc2ccc(N3CCCC3)cc2)c1. The smallest absolute Gasteiger partial charge is 0.255 e. The van der Waals surface area contributed by atoms with Crippen molar-refractivity contribution in [2.75, 3.05) is 33.9 Å². The van der Waals surface area contributed by atoms with Crippen LogP contribution < -0.4 is 20.9 Å². The quantitative estimate of drug-likeness (QED) is 0.741. The fourth-order valence-electron chi connectivity index (χ4n) is 3.24. The first-order chi connectivity index (χ1) is 13.4. The lowest BCUT2D eigenvalue weighted by molar-refractivity contribution is -0.115. The zero-order chi connectivity index (χ0) is 20.1. The van der Waals surface area contributed by atoms with Gasteiger partial charge in [-0.05, 0) is 55.3 Å². The van der Waals surface area contributed by atoms with Gasteiger partial charge in [0.2, 0.25) is 11.8 Å². The van der Waals surface area contributed by atoms with Gasteiger partial charge in [-0.25, -0.2) is 0 Å². The van der Waals surface area contributed by atoms with E-state index in [1.807, 2.05) is 24.3 Å². The van der Waals surface area contributed by atoms with E-state index in [1.165, 1.54) is 26.7 Å². The number of rotatable bonds is 5. The maximum Gasteiger partial charge on any atom is 0.255 e. The second-order valence-electron chi connectivity index (χ2n) is 6.86. The molecule has 0 saturated carbocycles. The van der Waals surface area contributed by atoms with Crippen molar-refractivity contribution in [2.24, 2.45) is 0 Å². The normalized spacial score (nSPS) is 13.1. The van der Waals surface area contributed by atoms with Gasteiger partial charge in [0, 0.05) is 55.2 Å². The summed E-state index contributed by atoms with van der Waals surface area (Å²) in [6, 6.07) is 12.5. The lowest BCUT2D eigenvalue weighted by Gasteiger charge is -2.18. The summed E-state index contributed by atoms with van der Waals surface area (Å²) in [5.74, 6) is -0.847. The average Bonchev–Trinajstić information content (AvgIpc) is 3.15. The molecule has 1 fully saturated rings. The second-order valence-corrected chi connectivity index (χ2v) is 6.86. The zero-order valence-electron chi connectivity index (χ0n) is 16.0. The molecule has 0 unspecified atom stereocenters. The van der Waals surface area contributed by atoms with Crippen LogP contribution in [0.1, 0.15) is 37.0 Å². The van der Waals surface area contributed by atoms with Crippen LogP contribution in [0.2, 0.25) is 0 Å². The Balaban J connectivity index is 1.76. The number of benzene rings is 2. The lowest BCUT2D eigenvalue weighted by atomic mass is 10.1. The Morgan fingerprint density at radius 3 is 1.79 bits per heavy atom. The molecule has 3 rings (SSSR count). The minimum Gasteiger partial charge on any atom is -0.372 e. The van der Waals surface area contributed by atoms with Gasteiger partial charge in [-0.2, -0.15) is 0 Å². The molecule has 146 valence electrons. The van der Waals surface area contributed by atoms with Crippen molar-refractivity contribution in [1.82, 2.24) is 0 Å². The first-order valence-corrected chi connectivity index (χ1v) is 9.27. The third-order valence-electron chi connectivity index (χ3n) is 4.43. The van der Waals surface area contributed by atoms with Crippen molar-refractivity contribution in [2.45, 2.75) is 26.7 Å². The third kappa shape index (κ3) is 5.09. The molecule has 1 saturated heterocycles. The Bertz CT molecular complexity index is 853. The van der Waals surface area contributed by atoms with Gasteiger partial charge in [-0.15, -0.1) is 0 Å². The molecule has 0 aliphatic carbocycles. The second kappa shape index (κ2) is 8.56. The molecule has 0 atom stereocenters. The molecule has 1 aliphatic heterocycles. The van der Waals surface area contributed by atoms with E-state index in [4.69, 9.17) is 0 Å². The Morgan fingerprint density at radius 1 is 0.750 bits per heavy atom. The Hall–Kier alpha value is -3.35. The molecule has 28 heavy (non-hydrogen) atoms. The van der Waals surface area contributed by atoms with Gasteiger partial charge >= 0.3 is 0 Å². The van der Waals surface area contributed by atoms with Crippen molar-refractivity contribution >= 4 is 40.5 Å². The van der Waals surface area contributed by atoms with Crippen LogP contribution in [0.3, 0.4) is 0 Å². The number of nitrogens with zero attached hydrogens (tertiary/aromatic N) is 1. The predicted molar refractivity (Wildman–Crippen MR) is 111 cm³/mol. The van der Waals surface area contributed by atoms with Crippen molar-refractivity contribution < 1.29 is 14.4 Å². The molecule has 0 aromatic heterocycles. The van der Waals surface area contributed by atoms with E-state index in [9.17, 15) is 14.4 Å². The topological polar surface area (TPSA) is 90.5 Å². The molecule has 2 aromatic carbocycles. The standard InChI is InChI=1S/C21H24N4O3/c1-14(26)22-18-11-16(12-19(13-18)23-15(2)27)21(28)24-17-5-7-20(8-6-17)25-9-3-4-10-25/h5-8,11-13H,3-4,9-10H2,1-2H3,(H,22,26)(H,23,27)(H,24,28). The Labute approximate surface area is 164 Å². The number of carbonyl (C=O) groups is 3. The van der Waals surface area contributed by atoms with Crippen LogP contribution in [0.5, 0.6) is 0 Å². The highest BCUT2D eigenvalue weighted by atomic mass is 16.2. The van der Waals surface area contributed by atoms with Crippen molar-refractivity contribution in [1.29, 1.82) is 0 Å². The fraction of sp³-hybridized carbons (Fsp3) is 0.286. The van der Waals surface area contributed by atoms with E-state index in [1.54, 1.807) is 18.2 Å². The molecule has 1 heterocycles. The highest BCUT2D eigenvalue weighted by molar-refractivity contribution is 6.06. The summed E-state index contributed by atoms with van der Waals surface area (Å²) < 4.78 is 0. The van der Waals surface area contributed by atoms with E-state index < -0.39 is 0 Å². The summed E-state index contributed by atoms with van der Waals surface area (Å²) in [5.41, 5.74) is 3.04. The van der Waals surface area contributed by atoms with Gasteiger partial charge in [0.25, 0.3) is 5.91 Å². The lowest BCUT2D eigenvalue weighted by Crippen LogP contribution is -2.18. The number of nitrogens with one attached hydrogen (secondary N) is 3. The highest BCUT2D eigenvalue weighted by Crippen LogP contribution is 2.24. The number of amides is 3. The largest absolute Gasteiger partial charge is 0.372 e. The monoisotopic (exact) mass is 380 g/mol. The molecular formula is C21H24N4O3. The molecular weight excluding hydrogens is 356 g/mol. The van der Waals surface area contributed by atoms with E-state index in [-0.39, 0.29) is 17.7 Å². The average molecular weight is 380 g/mol. The first-order valence-electron chi connectivity index (χ1n) is 9.27. The molecule has 0 spiro atoms. The first kappa shape index (κ1) is 19.4. The van der Waals surface area contributed by atoms with Crippen LogP contribution >= 0.6 is 0 Å². The van der Waals surface area contributed by atoms with Crippen molar-refractivity contribution in [3.63, 3.8) is 0 Å². The minimum atomic E-state index is -0.326. The molecule has 1 aliphatic rings. The van der Waals surface area contributed by atoms with Crippen LogP contribution in [0.15, 0.2) is 42.5 Å². The van der Waals surface area contributed by atoms with Gasteiger partial charge < -0.3 is 20.9 Å². The van der Waals surface area contributed by atoms with Crippen LogP contribution in [0.4, 0.5) is 22.7 Å². The predicted octanol–water partition coefficient (Wildman–Crippen LogP) is 3.46. The fourth-order valence-corrected chi connectivity index (χ4v) is 3.24. The summed E-state index contributed by atoms with van der Waals surface area (Å²) >= 11 is 0. The third-order valence-corrected chi connectivity index (χ3v) is 4.43. The number of hydrogen-bond acceptors (Lipinski definition) is 4. The van der Waals surface area contributed by atoms with Crippen LogP contribution in [-0.2, 0) is 9.59 Å². The summed E-state index contributed by atoms with van der Waals surface area (Å²) in [6.45, 7) is 4.89. The van der Waals surface area contributed by atoms with Gasteiger partial charge in [-0.3, -0.25) is 14.4 Å². The number of anilines is 4. The minimum absolute atomic E-state index is 0.260. The summed E-state index contributed by atoms with van der Waals surface area (Å²) in [7, 11) is 0. The Morgan fingerprint density at radius 2 is 1.29 bits per heavy atom. The van der Waals surface area contributed by atoms with Gasteiger partial charge in [0.05, 0.1) is 0 Å². The summed E-state index contributed by atoms with van der Waals surface area (Å²) in [6.07, 6.45) is 2.42. The van der Waals surface area contributed by atoms with E-state index >= 15 is 0 Å². The maximum absolute atomic E-state index is 12.7. The zero-order valence-corrected chi connectivity index (χ0v) is 16.0. The molecule has 3 amide bonds. The van der Waals surface area contributed by atoms with E-state index in [0.29, 0.717) is 22.6 Å². The van der Waals surface area contributed by atoms with E-state index in [0.717, 1.165) is 18.8 Å². The Kier molecular flexibility index (Phi) is 5.93. The van der Waals surface area contributed by atoms with Crippen LogP contribution in [-0.4, -0.2) is 30.8 Å². The van der Waals surface area contributed by atoms with Crippen LogP contribution in [0.25, 0.3) is 0 Å². The molecule has 7 nitrogen and oxygen atoms in total. The maximum atomic E-state index is 12.7. The van der Waals surface area contributed by atoms with Gasteiger partial charge in [0.1, 0.15) is 0 Å². The number of hydrogen-bond donors (Lipinski definition) is 3. The summed E-state index contributed by atoms with van der Waals surface area (Å²) in [4.78, 5) is 37.7. The van der Waals surface area contributed by atoms with Gasteiger partial charge in [0.15, 0.2) is 0 Å². The molecule has 3 N–H and O–H groups in total. The van der Waals surface area contributed by atoms with Crippen molar-refractivity contribution in [3.8, 4) is 0 Å². The number of carbonyl (C=O) groups excluding carboxylic acids is 3. The highest BCUT2D eigenvalue weighted by Gasteiger charge is 2.13. The molecule has 0 bridgehead atoms. The van der Waals surface area contributed by atoms with Gasteiger partial charge in [-0.1, -0.05) is 0 Å². The molecule has 7 heteroatoms. The molecule has 0 radical (unpaired) electrons. The van der Waals surface area contributed by atoms with Crippen molar-refractivity contribution in [3.05, 3.63) is 48.0 Å².